The smallest absolute Gasteiger partial charge is 0.425 e. The molecular formula is C18H17F3O3. The van der Waals surface area contributed by atoms with E-state index in [1.54, 1.807) is 19.2 Å². The first-order valence-corrected chi connectivity index (χ1v) is 7.09. The minimum Gasteiger partial charge on any atom is -0.497 e. The standard InChI is InChI=1S/C18H17F3O3/c1-3-17(22,18(19,20)21)14-6-10-16(11-7-14)24-12-13-4-8-15(23-2)9-5-13/h3-11,22H,1,12H2,2H3. The molecule has 0 fully saturated rings. The van der Waals surface area contributed by atoms with Crippen LogP contribution in [0.3, 0.4) is 0 Å². The highest BCUT2D eigenvalue weighted by Gasteiger charge is 2.52. The molecule has 1 N–H and O–H groups in total. The van der Waals surface area contributed by atoms with Gasteiger partial charge < -0.3 is 14.6 Å². The molecule has 0 amide bonds. The van der Waals surface area contributed by atoms with Gasteiger partial charge in [-0.1, -0.05) is 30.8 Å². The Hall–Kier alpha value is -2.47. The van der Waals surface area contributed by atoms with Gasteiger partial charge in [-0.2, -0.15) is 13.2 Å². The minimum absolute atomic E-state index is 0.258. The van der Waals surface area contributed by atoms with Gasteiger partial charge in [-0.3, -0.25) is 0 Å². The molecule has 0 saturated carbocycles. The van der Waals surface area contributed by atoms with Crippen molar-refractivity contribution in [3.63, 3.8) is 0 Å². The predicted octanol–water partition coefficient (Wildman–Crippen LogP) is 4.21. The largest absolute Gasteiger partial charge is 0.497 e. The highest BCUT2D eigenvalue weighted by atomic mass is 19.4. The second-order valence-corrected chi connectivity index (χ2v) is 5.13. The van der Waals surface area contributed by atoms with Crippen LogP contribution in [-0.2, 0) is 12.2 Å². The molecule has 1 unspecified atom stereocenters. The van der Waals surface area contributed by atoms with Crippen molar-refractivity contribution in [2.75, 3.05) is 7.11 Å². The Labute approximate surface area is 138 Å². The third kappa shape index (κ3) is 3.71. The van der Waals surface area contributed by atoms with Crippen LogP contribution in [-0.4, -0.2) is 18.4 Å². The van der Waals surface area contributed by atoms with Gasteiger partial charge in [-0.05, 0) is 41.5 Å². The van der Waals surface area contributed by atoms with Crippen LogP contribution in [0.2, 0.25) is 0 Å². The molecule has 0 aromatic heterocycles. The van der Waals surface area contributed by atoms with Crippen LogP contribution in [0.15, 0.2) is 61.2 Å². The lowest BCUT2D eigenvalue weighted by Gasteiger charge is -2.27. The van der Waals surface area contributed by atoms with Gasteiger partial charge in [0.15, 0.2) is 0 Å². The summed E-state index contributed by atoms with van der Waals surface area (Å²) < 4.78 is 49.5. The highest BCUT2D eigenvalue weighted by Crippen LogP contribution is 2.40. The SMILES string of the molecule is C=CC(O)(c1ccc(OCc2ccc(OC)cc2)cc1)C(F)(F)F. The summed E-state index contributed by atoms with van der Waals surface area (Å²) in [6.45, 7) is 3.33. The van der Waals surface area contributed by atoms with Crippen molar-refractivity contribution >= 4 is 0 Å². The molecule has 128 valence electrons. The average Bonchev–Trinajstić information content (AvgIpc) is 2.59. The fourth-order valence-electron chi connectivity index (χ4n) is 2.09. The Morgan fingerprint density at radius 2 is 1.54 bits per heavy atom. The van der Waals surface area contributed by atoms with Crippen molar-refractivity contribution in [2.45, 2.75) is 18.4 Å². The van der Waals surface area contributed by atoms with Crippen LogP contribution in [0.25, 0.3) is 0 Å². The average molecular weight is 338 g/mol. The Morgan fingerprint density at radius 1 is 1.00 bits per heavy atom. The number of ether oxygens (including phenoxy) is 2. The summed E-state index contributed by atoms with van der Waals surface area (Å²) in [5.74, 6) is 1.11. The highest BCUT2D eigenvalue weighted by molar-refractivity contribution is 5.35. The van der Waals surface area contributed by atoms with E-state index in [4.69, 9.17) is 9.47 Å². The Kier molecular flexibility index (Phi) is 5.19. The van der Waals surface area contributed by atoms with E-state index in [-0.39, 0.29) is 12.2 Å². The maximum Gasteiger partial charge on any atom is 0.425 e. The molecule has 3 nitrogen and oxygen atoms in total. The number of hydrogen-bond donors (Lipinski definition) is 1. The Bertz CT molecular complexity index is 678. The predicted molar refractivity (Wildman–Crippen MR) is 83.9 cm³/mol. The Balaban J connectivity index is 2.07. The normalized spacial score (nSPS) is 13.9. The number of halogens is 3. The van der Waals surface area contributed by atoms with Gasteiger partial charge in [-0.15, -0.1) is 0 Å². The molecule has 0 radical (unpaired) electrons. The second kappa shape index (κ2) is 6.97. The molecule has 0 heterocycles. The third-order valence-corrected chi connectivity index (χ3v) is 3.59. The minimum atomic E-state index is -4.85. The van der Waals surface area contributed by atoms with Crippen molar-refractivity contribution < 1.29 is 27.8 Å². The van der Waals surface area contributed by atoms with Crippen LogP contribution in [0.1, 0.15) is 11.1 Å². The first-order chi connectivity index (χ1) is 11.3. The first kappa shape index (κ1) is 17.9. The fraction of sp³-hybridized carbons (Fsp3) is 0.222. The number of aliphatic hydroxyl groups is 1. The zero-order valence-corrected chi connectivity index (χ0v) is 13.0. The van der Waals surface area contributed by atoms with E-state index < -0.39 is 11.8 Å². The van der Waals surface area contributed by atoms with Crippen molar-refractivity contribution in [1.29, 1.82) is 0 Å². The molecule has 6 heteroatoms. The molecule has 2 aromatic rings. The number of alkyl halides is 3. The fourth-order valence-corrected chi connectivity index (χ4v) is 2.09. The van der Waals surface area contributed by atoms with E-state index in [0.29, 0.717) is 11.8 Å². The summed E-state index contributed by atoms with van der Waals surface area (Å²) in [7, 11) is 1.57. The second-order valence-electron chi connectivity index (χ2n) is 5.13. The lowest BCUT2D eigenvalue weighted by molar-refractivity contribution is -0.245. The number of methoxy groups -OCH3 is 1. The van der Waals surface area contributed by atoms with Crippen LogP contribution in [0.5, 0.6) is 11.5 Å². The molecule has 2 rings (SSSR count). The van der Waals surface area contributed by atoms with Gasteiger partial charge in [0.1, 0.15) is 18.1 Å². The topological polar surface area (TPSA) is 38.7 Å². The molecule has 24 heavy (non-hydrogen) atoms. The summed E-state index contributed by atoms with van der Waals surface area (Å²) in [6.07, 6.45) is -4.37. The van der Waals surface area contributed by atoms with Crippen LogP contribution in [0, 0.1) is 0 Å². The van der Waals surface area contributed by atoms with E-state index in [0.717, 1.165) is 11.3 Å². The van der Waals surface area contributed by atoms with Gasteiger partial charge in [0.25, 0.3) is 0 Å². The summed E-state index contributed by atoms with van der Waals surface area (Å²) in [4.78, 5) is 0. The summed E-state index contributed by atoms with van der Waals surface area (Å²) in [5, 5.41) is 9.78. The molecule has 0 aliphatic heterocycles. The zero-order chi connectivity index (χ0) is 17.8. The molecule has 0 aliphatic carbocycles. The van der Waals surface area contributed by atoms with Crippen molar-refractivity contribution in [3.8, 4) is 11.5 Å². The van der Waals surface area contributed by atoms with Crippen LogP contribution < -0.4 is 9.47 Å². The van der Waals surface area contributed by atoms with Crippen molar-refractivity contribution in [3.05, 3.63) is 72.3 Å². The molecule has 1 atom stereocenters. The lowest BCUT2D eigenvalue weighted by atomic mass is 9.93. The van der Waals surface area contributed by atoms with E-state index in [2.05, 4.69) is 6.58 Å². The van der Waals surface area contributed by atoms with Crippen molar-refractivity contribution in [1.82, 2.24) is 0 Å². The van der Waals surface area contributed by atoms with Gasteiger partial charge >= 0.3 is 6.18 Å². The van der Waals surface area contributed by atoms with Gasteiger partial charge in [0.05, 0.1) is 7.11 Å². The van der Waals surface area contributed by atoms with E-state index in [1.807, 2.05) is 12.1 Å². The van der Waals surface area contributed by atoms with Gasteiger partial charge in [0.2, 0.25) is 5.60 Å². The lowest BCUT2D eigenvalue weighted by Crippen LogP contribution is -2.40. The summed E-state index contributed by atoms with van der Waals surface area (Å²) in [5.41, 5.74) is -2.51. The molecular weight excluding hydrogens is 321 g/mol. The number of hydrogen-bond acceptors (Lipinski definition) is 3. The quantitative estimate of drug-likeness (QED) is 0.802. The maximum absolute atomic E-state index is 13.0. The molecule has 0 aliphatic rings. The molecule has 0 bridgehead atoms. The molecule has 0 saturated heterocycles. The number of rotatable bonds is 6. The van der Waals surface area contributed by atoms with Crippen molar-refractivity contribution in [2.24, 2.45) is 0 Å². The van der Waals surface area contributed by atoms with Crippen LogP contribution in [0.4, 0.5) is 13.2 Å². The van der Waals surface area contributed by atoms with Gasteiger partial charge in [-0.25, -0.2) is 0 Å². The number of benzene rings is 2. The molecule has 2 aromatic carbocycles. The summed E-state index contributed by atoms with van der Waals surface area (Å²) in [6, 6.07) is 12.3. The Morgan fingerprint density at radius 3 is 2.00 bits per heavy atom. The van der Waals surface area contributed by atoms with E-state index in [1.165, 1.54) is 24.3 Å². The van der Waals surface area contributed by atoms with E-state index in [9.17, 15) is 18.3 Å². The monoisotopic (exact) mass is 338 g/mol. The van der Waals surface area contributed by atoms with Crippen LogP contribution >= 0.6 is 0 Å². The molecule has 0 spiro atoms. The maximum atomic E-state index is 13.0. The van der Waals surface area contributed by atoms with E-state index >= 15 is 0 Å². The summed E-state index contributed by atoms with van der Waals surface area (Å²) >= 11 is 0. The first-order valence-electron chi connectivity index (χ1n) is 7.09. The zero-order valence-electron chi connectivity index (χ0n) is 13.0. The van der Waals surface area contributed by atoms with Gasteiger partial charge in [0, 0.05) is 0 Å². The third-order valence-electron chi connectivity index (χ3n) is 3.59.